The van der Waals surface area contributed by atoms with Crippen LogP contribution in [0.4, 0.5) is 5.82 Å². The van der Waals surface area contributed by atoms with Crippen molar-refractivity contribution in [1.82, 2.24) is 30.1 Å². The fourth-order valence-corrected chi connectivity index (χ4v) is 3.03. The van der Waals surface area contributed by atoms with Gasteiger partial charge in [-0.2, -0.15) is 10.1 Å². The van der Waals surface area contributed by atoms with Crippen LogP contribution in [0.3, 0.4) is 0 Å². The number of aryl methyl sites for hydroxylation is 1. The molecule has 4 heterocycles. The Morgan fingerprint density at radius 1 is 1.22 bits per heavy atom. The standard InChI is InChI=1S/C21H20ClN7O3/c1-3-31-11-16(20(30)26-17-5-4-13(22)9-24-17)32-21-15-10-25-29-19(15)27-18(28-21)14-6-7-23-8-12(14)2/h4-10,16H,3,11H2,1-2H3,(H,24,26,30)(H,25,27,28,29)/t16-/m0/s1. The van der Waals surface area contributed by atoms with Crippen molar-refractivity contribution in [2.75, 3.05) is 18.5 Å². The molecule has 0 aliphatic carbocycles. The summed E-state index contributed by atoms with van der Waals surface area (Å²) in [7, 11) is 0. The number of nitrogens with zero attached hydrogens (tertiary/aromatic N) is 5. The summed E-state index contributed by atoms with van der Waals surface area (Å²) in [6, 6.07) is 5.04. The van der Waals surface area contributed by atoms with Crippen molar-refractivity contribution in [3.8, 4) is 17.3 Å². The zero-order chi connectivity index (χ0) is 22.5. The lowest BCUT2D eigenvalue weighted by Crippen LogP contribution is -2.37. The molecule has 32 heavy (non-hydrogen) atoms. The Morgan fingerprint density at radius 2 is 2.09 bits per heavy atom. The van der Waals surface area contributed by atoms with Crippen LogP contribution in [-0.2, 0) is 9.53 Å². The van der Waals surface area contributed by atoms with Gasteiger partial charge in [0.05, 0.1) is 17.8 Å². The largest absolute Gasteiger partial charge is 0.461 e. The normalized spacial score (nSPS) is 12.0. The Kier molecular flexibility index (Phi) is 6.52. The van der Waals surface area contributed by atoms with E-state index in [1.165, 1.54) is 6.20 Å². The summed E-state index contributed by atoms with van der Waals surface area (Å²) in [4.78, 5) is 30.2. The third-order valence-electron chi connectivity index (χ3n) is 4.53. The number of H-pyrrole nitrogens is 1. The van der Waals surface area contributed by atoms with Gasteiger partial charge in [-0.05, 0) is 37.6 Å². The second kappa shape index (κ2) is 9.67. The molecule has 0 saturated heterocycles. The highest BCUT2D eigenvalue weighted by Gasteiger charge is 2.24. The van der Waals surface area contributed by atoms with E-state index in [4.69, 9.17) is 21.1 Å². The average Bonchev–Trinajstić information content (AvgIpc) is 3.27. The topological polar surface area (TPSA) is 128 Å². The third-order valence-corrected chi connectivity index (χ3v) is 4.76. The second-order valence-electron chi connectivity index (χ2n) is 6.79. The van der Waals surface area contributed by atoms with E-state index in [2.05, 4.69) is 35.5 Å². The number of aromatic nitrogens is 6. The van der Waals surface area contributed by atoms with Crippen LogP contribution in [0.2, 0.25) is 5.02 Å². The molecule has 0 aromatic carbocycles. The van der Waals surface area contributed by atoms with E-state index in [0.717, 1.165) is 11.1 Å². The van der Waals surface area contributed by atoms with Gasteiger partial charge in [0.25, 0.3) is 5.91 Å². The molecule has 4 aromatic rings. The predicted octanol–water partition coefficient (Wildman–Crippen LogP) is 3.19. The minimum absolute atomic E-state index is 0.0168. The number of pyridine rings is 2. The molecular formula is C21H20ClN7O3. The first-order chi connectivity index (χ1) is 15.5. The molecule has 0 fully saturated rings. The Hall–Kier alpha value is -3.63. The minimum atomic E-state index is -0.994. The Morgan fingerprint density at radius 3 is 2.84 bits per heavy atom. The Labute approximate surface area is 188 Å². The fraction of sp³-hybridized carbons (Fsp3) is 0.238. The number of halogens is 1. The van der Waals surface area contributed by atoms with Crippen molar-refractivity contribution in [3.05, 3.63) is 53.6 Å². The molecule has 0 saturated carbocycles. The van der Waals surface area contributed by atoms with E-state index in [-0.39, 0.29) is 12.5 Å². The van der Waals surface area contributed by atoms with E-state index in [1.807, 2.05) is 19.9 Å². The van der Waals surface area contributed by atoms with Gasteiger partial charge in [0, 0.05) is 30.8 Å². The van der Waals surface area contributed by atoms with E-state index < -0.39 is 12.0 Å². The molecular weight excluding hydrogens is 434 g/mol. The minimum Gasteiger partial charge on any atom is -0.461 e. The summed E-state index contributed by atoms with van der Waals surface area (Å²) in [5.74, 6) is 0.532. The van der Waals surface area contributed by atoms with E-state index in [1.54, 1.807) is 30.7 Å². The van der Waals surface area contributed by atoms with Gasteiger partial charge < -0.3 is 14.8 Å². The lowest BCUT2D eigenvalue weighted by atomic mass is 10.1. The quantitative estimate of drug-likeness (QED) is 0.416. The van der Waals surface area contributed by atoms with Gasteiger partial charge in [-0.3, -0.25) is 14.9 Å². The molecule has 4 aromatic heterocycles. The molecule has 0 bridgehead atoms. The summed E-state index contributed by atoms with van der Waals surface area (Å²) in [5.41, 5.74) is 2.17. The molecule has 0 radical (unpaired) electrons. The molecule has 0 aliphatic rings. The number of ether oxygens (including phenoxy) is 2. The first-order valence-electron chi connectivity index (χ1n) is 9.84. The molecule has 11 heteroatoms. The van der Waals surface area contributed by atoms with Crippen LogP contribution >= 0.6 is 11.6 Å². The smallest absolute Gasteiger partial charge is 0.269 e. The van der Waals surface area contributed by atoms with Crippen molar-refractivity contribution >= 4 is 34.4 Å². The average molecular weight is 454 g/mol. The number of nitrogens with one attached hydrogen (secondary N) is 2. The Bertz CT molecular complexity index is 1230. The fourth-order valence-electron chi connectivity index (χ4n) is 2.92. The van der Waals surface area contributed by atoms with Crippen LogP contribution in [0.25, 0.3) is 22.4 Å². The van der Waals surface area contributed by atoms with Gasteiger partial charge in [0.1, 0.15) is 11.2 Å². The number of carbonyl (C=O) groups excluding carboxylic acids is 1. The number of carbonyl (C=O) groups is 1. The van der Waals surface area contributed by atoms with Gasteiger partial charge in [0.2, 0.25) is 12.0 Å². The molecule has 0 spiro atoms. The van der Waals surface area contributed by atoms with Crippen molar-refractivity contribution < 1.29 is 14.3 Å². The number of hydrogen-bond acceptors (Lipinski definition) is 8. The highest BCUT2D eigenvalue weighted by atomic mass is 35.5. The van der Waals surface area contributed by atoms with Crippen LogP contribution in [-0.4, -0.2) is 55.4 Å². The molecule has 0 aliphatic heterocycles. The van der Waals surface area contributed by atoms with Crippen molar-refractivity contribution in [2.24, 2.45) is 0 Å². The number of fused-ring (bicyclic) bond motifs is 1. The van der Waals surface area contributed by atoms with Crippen LogP contribution in [0.1, 0.15) is 12.5 Å². The highest BCUT2D eigenvalue weighted by Crippen LogP contribution is 2.27. The predicted molar refractivity (Wildman–Crippen MR) is 118 cm³/mol. The van der Waals surface area contributed by atoms with Crippen molar-refractivity contribution in [3.63, 3.8) is 0 Å². The molecule has 164 valence electrons. The molecule has 1 amide bonds. The van der Waals surface area contributed by atoms with Crippen LogP contribution in [0.15, 0.2) is 43.0 Å². The summed E-state index contributed by atoms with van der Waals surface area (Å²) in [5, 5.41) is 10.6. The summed E-state index contributed by atoms with van der Waals surface area (Å²) >= 11 is 5.86. The van der Waals surface area contributed by atoms with E-state index in [0.29, 0.717) is 34.3 Å². The zero-order valence-corrected chi connectivity index (χ0v) is 18.1. The van der Waals surface area contributed by atoms with Crippen molar-refractivity contribution in [2.45, 2.75) is 20.0 Å². The van der Waals surface area contributed by atoms with E-state index in [9.17, 15) is 4.79 Å². The summed E-state index contributed by atoms with van der Waals surface area (Å²) < 4.78 is 11.5. The lowest BCUT2D eigenvalue weighted by molar-refractivity contribution is -0.125. The van der Waals surface area contributed by atoms with Gasteiger partial charge in [-0.25, -0.2) is 9.97 Å². The summed E-state index contributed by atoms with van der Waals surface area (Å²) in [6.07, 6.45) is 5.38. The van der Waals surface area contributed by atoms with Gasteiger partial charge >= 0.3 is 0 Å². The SMILES string of the molecule is CCOC[C@H](Oc1nc(-c2ccncc2C)nc2[nH]ncc12)C(=O)Nc1ccc(Cl)cn1. The maximum atomic E-state index is 12.9. The first kappa shape index (κ1) is 21.6. The van der Waals surface area contributed by atoms with Crippen molar-refractivity contribution in [1.29, 1.82) is 0 Å². The maximum Gasteiger partial charge on any atom is 0.269 e. The van der Waals surface area contributed by atoms with Crippen LogP contribution in [0.5, 0.6) is 5.88 Å². The maximum absolute atomic E-state index is 12.9. The monoisotopic (exact) mass is 453 g/mol. The number of hydrogen-bond donors (Lipinski definition) is 2. The number of anilines is 1. The molecule has 1 atom stereocenters. The molecule has 10 nitrogen and oxygen atoms in total. The third kappa shape index (κ3) is 4.82. The lowest BCUT2D eigenvalue weighted by Gasteiger charge is -2.18. The molecule has 4 rings (SSSR count). The van der Waals surface area contributed by atoms with Gasteiger partial charge in [0.15, 0.2) is 11.5 Å². The van der Waals surface area contributed by atoms with Gasteiger partial charge in [-0.15, -0.1) is 0 Å². The zero-order valence-electron chi connectivity index (χ0n) is 17.4. The number of aromatic amines is 1. The first-order valence-corrected chi connectivity index (χ1v) is 10.2. The van der Waals surface area contributed by atoms with E-state index >= 15 is 0 Å². The summed E-state index contributed by atoms with van der Waals surface area (Å²) in [6.45, 7) is 4.18. The van der Waals surface area contributed by atoms with Crippen LogP contribution in [0, 0.1) is 6.92 Å². The molecule has 0 unspecified atom stereocenters. The second-order valence-corrected chi connectivity index (χ2v) is 7.23. The number of rotatable bonds is 8. The highest BCUT2D eigenvalue weighted by molar-refractivity contribution is 6.30. The number of amides is 1. The van der Waals surface area contributed by atoms with Crippen LogP contribution < -0.4 is 10.1 Å². The molecule has 2 N–H and O–H groups in total. The Balaban J connectivity index is 1.66. The van der Waals surface area contributed by atoms with Gasteiger partial charge in [-0.1, -0.05) is 11.6 Å².